The van der Waals surface area contributed by atoms with Gasteiger partial charge < -0.3 is 5.11 Å². The highest BCUT2D eigenvalue weighted by Gasteiger charge is 2.31. The van der Waals surface area contributed by atoms with Crippen LogP contribution in [0, 0.1) is 25.6 Å². The van der Waals surface area contributed by atoms with E-state index in [4.69, 9.17) is 0 Å². The Bertz CT molecular complexity index is 766. The van der Waals surface area contributed by atoms with Crippen LogP contribution in [0.15, 0.2) is 42.5 Å². The second-order valence-electron chi connectivity index (χ2n) is 6.97. The highest BCUT2D eigenvalue weighted by Crippen LogP contribution is 2.34. The van der Waals surface area contributed by atoms with Crippen LogP contribution in [0.4, 0.5) is 4.39 Å². The number of rotatable bonds is 4. The van der Waals surface area contributed by atoms with Gasteiger partial charge in [0.2, 0.25) is 0 Å². The Labute approximate surface area is 148 Å². The second kappa shape index (κ2) is 7.36. The largest absolute Gasteiger partial charge is 0.481 e. The molecule has 1 fully saturated rings. The normalized spacial score (nSPS) is 17.4. The first-order chi connectivity index (χ1) is 12.0. The molecular weight excluding hydrogens is 317 g/mol. The minimum Gasteiger partial charge on any atom is -0.481 e. The highest BCUT2D eigenvalue weighted by molar-refractivity contribution is 5.70. The van der Waals surface area contributed by atoms with Crippen LogP contribution >= 0.6 is 0 Å². The Hall–Kier alpha value is -2.20. The van der Waals surface area contributed by atoms with Crippen molar-refractivity contribution in [2.24, 2.45) is 5.92 Å². The SMILES string of the molecule is Cc1ccc(C)c(C(c2cccc(F)c2)N2CCC(C(=O)O)CC2)c1. The quantitative estimate of drug-likeness (QED) is 0.900. The van der Waals surface area contributed by atoms with Gasteiger partial charge in [0.25, 0.3) is 0 Å². The Morgan fingerprint density at radius 3 is 2.52 bits per heavy atom. The summed E-state index contributed by atoms with van der Waals surface area (Å²) in [7, 11) is 0. The summed E-state index contributed by atoms with van der Waals surface area (Å²) in [6.07, 6.45) is 1.26. The molecule has 1 N–H and O–H groups in total. The Kier molecular flexibility index (Phi) is 5.19. The molecule has 3 rings (SSSR count). The molecule has 1 atom stereocenters. The monoisotopic (exact) mass is 341 g/mol. The number of aliphatic carboxylic acids is 1. The molecular formula is C21H24FNO2. The summed E-state index contributed by atoms with van der Waals surface area (Å²) in [5.41, 5.74) is 4.42. The standard InChI is InChI=1S/C21H24FNO2/c1-14-6-7-15(2)19(12-14)20(17-4-3-5-18(22)13-17)23-10-8-16(9-11-23)21(24)25/h3-7,12-13,16,20H,8-11H2,1-2H3,(H,24,25). The van der Waals surface area contributed by atoms with Crippen LogP contribution < -0.4 is 0 Å². The molecule has 132 valence electrons. The van der Waals surface area contributed by atoms with E-state index >= 15 is 0 Å². The van der Waals surface area contributed by atoms with Gasteiger partial charge in [-0.05, 0) is 68.6 Å². The number of likely N-dealkylation sites (tertiary alicyclic amines) is 1. The van der Waals surface area contributed by atoms with Crippen LogP contribution in [0.25, 0.3) is 0 Å². The minimum atomic E-state index is -0.714. The van der Waals surface area contributed by atoms with Gasteiger partial charge in [0.05, 0.1) is 12.0 Å². The zero-order valence-electron chi connectivity index (χ0n) is 14.7. The summed E-state index contributed by atoms with van der Waals surface area (Å²) >= 11 is 0. The van der Waals surface area contributed by atoms with Crippen molar-refractivity contribution < 1.29 is 14.3 Å². The lowest BCUT2D eigenvalue weighted by molar-refractivity contribution is -0.143. The van der Waals surface area contributed by atoms with Gasteiger partial charge in [0.1, 0.15) is 5.82 Å². The molecule has 0 aromatic heterocycles. The average molecular weight is 341 g/mol. The van der Waals surface area contributed by atoms with Crippen LogP contribution in [-0.2, 0) is 4.79 Å². The Morgan fingerprint density at radius 1 is 1.16 bits per heavy atom. The molecule has 1 aliphatic rings. The van der Waals surface area contributed by atoms with Crippen LogP contribution in [0.3, 0.4) is 0 Å². The maximum absolute atomic E-state index is 13.9. The number of carboxylic acid groups (broad SMARTS) is 1. The molecule has 25 heavy (non-hydrogen) atoms. The van der Waals surface area contributed by atoms with Crippen LogP contribution in [0.1, 0.15) is 41.1 Å². The Morgan fingerprint density at radius 2 is 1.88 bits per heavy atom. The number of hydrogen-bond donors (Lipinski definition) is 1. The van der Waals surface area contributed by atoms with E-state index in [0.29, 0.717) is 25.9 Å². The van der Waals surface area contributed by atoms with E-state index in [2.05, 4.69) is 36.9 Å². The average Bonchev–Trinajstić information content (AvgIpc) is 2.59. The Balaban J connectivity index is 1.98. The van der Waals surface area contributed by atoms with E-state index in [1.807, 2.05) is 6.07 Å². The number of benzene rings is 2. The van der Waals surface area contributed by atoms with Crippen molar-refractivity contribution in [2.75, 3.05) is 13.1 Å². The number of piperidine rings is 1. The molecule has 0 saturated carbocycles. The third-order valence-corrected chi connectivity index (χ3v) is 5.14. The van der Waals surface area contributed by atoms with Gasteiger partial charge in [0.15, 0.2) is 0 Å². The maximum atomic E-state index is 13.9. The summed E-state index contributed by atoms with van der Waals surface area (Å²) in [6, 6.07) is 13.0. The lowest BCUT2D eigenvalue weighted by atomic mass is 9.89. The molecule has 2 aromatic rings. The minimum absolute atomic E-state index is 0.0506. The molecule has 1 unspecified atom stereocenters. The number of aryl methyl sites for hydroxylation is 2. The fourth-order valence-corrected chi connectivity index (χ4v) is 3.72. The van der Waals surface area contributed by atoms with Crippen molar-refractivity contribution in [2.45, 2.75) is 32.7 Å². The van der Waals surface area contributed by atoms with Gasteiger partial charge in [0, 0.05) is 0 Å². The van der Waals surface area contributed by atoms with E-state index in [1.165, 1.54) is 22.8 Å². The van der Waals surface area contributed by atoms with Crippen LogP contribution in [0.5, 0.6) is 0 Å². The zero-order chi connectivity index (χ0) is 18.0. The molecule has 0 bridgehead atoms. The lowest BCUT2D eigenvalue weighted by Gasteiger charge is -2.37. The molecule has 0 radical (unpaired) electrons. The van der Waals surface area contributed by atoms with Crippen LogP contribution in [0.2, 0.25) is 0 Å². The van der Waals surface area contributed by atoms with Gasteiger partial charge in [-0.15, -0.1) is 0 Å². The molecule has 2 aromatic carbocycles. The fraction of sp³-hybridized carbons (Fsp3) is 0.381. The van der Waals surface area contributed by atoms with Gasteiger partial charge in [-0.1, -0.05) is 35.9 Å². The third kappa shape index (κ3) is 3.90. The molecule has 0 amide bonds. The van der Waals surface area contributed by atoms with E-state index < -0.39 is 5.97 Å². The second-order valence-corrected chi connectivity index (χ2v) is 6.97. The molecule has 1 aliphatic heterocycles. The van der Waals surface area contributed by atoms with Crippen LogP contribution in [-0.4, -0.2) is 29.1 Å². The predicted molar refractivity (Wildman–Crippen MR) is 96.1 cm³/mol. The van der Waals surface area contributed by atoms with E-state index in [0.717, 1.165) is 5.56 Å². The zero-order valence-corrected chi connectivity index (χ0v) is 14.7. The van der Waals surface area contributed by atoms with Crippen molar-refractivity contribution in [3.05, 3.63) is 70.5 Å². The summed E-state index contributed by atoms with van der Waals surface area (Å²) < 4.78 is 13.9. The highest BCUT2D eigenvalue weighted by atomic mass is 19.1. The number of carbonyl (C=O) groups is 1. The molecule has 4 heteroatoms. The first kappa shape index (κ1) is 17.6. The smallest absolute Gasteiger partial charge is 0.306 e. The van der Waals surface area contributed by atoms with E-state index in [9.17, 15) is 14.3 Å². The van der Waals surface area contributed by atoms with Gasteiger partial charge in [-0.2, -0.15) is 0 Å². The van der Waals surface area contributed by atoms with Gasteiger partial charge >= 0.3 is 5.97 Å². The van der Waals surface area contributed by atoms with E-state index in [-0.39, 0.29) is 17.8 Å². The fourth-order valence-electron chi connectivity index (χ4n) is 3.72. The summed E-state index contributed by atoms with van der Waals surface area (Å²) in [5.74, 6) is -1.23. The topological polar surface area (TPSA) is 40.5 Å². The van der Waals surface area contributed by atoms with E-state index in [1.54, 1.807) is 12.1 Å². The molecule has 3 nitrogen and oxygen atoms in total. The summed E-state index contributed by atoms with van der Waals surface area (Å²) in [4.78, 5) is 13.5. The molecule has 1 heterocycles. The maximum Gasteiger partial charge on any atom is 0.306 e. The number of hydrogen-bond acceptors (Lipinski definition) is 2. The summed E-state index contributed by atoms with van der Waals surface area (Å²) in [5, 5.41) is 9.25. The van der Waals surface area contributed by atoms with Crippen molar-refractivity contribution in [3.8, 4) is 0 Å². The van der Waals surface area contributed by atoms with Crippen molar-refractivity contribution in [1.29, 1.82) is 0 Å². The molecule has 0 spiro atoms. The molecule has 1 saturated heterocycles. The summed E-state index contributed by atoms with van der Waals surface area (Å²) in [6.45, 7) is 5.53. The number of nitrogens with zero attached hydrogens (tertiary/aromatic N) is 1. The van der Waals surface area contributed by atoms with Gasteiger partial charge in [-0.25, -0.2) is 4.39 Å². The van der Waals surface area contributed by atoms with Crippen molar-refractivity contribution >= 4 is 5.97 Å². The van der Waals surface area contributed by atoms with Gasteiger partial charge in [-0.3, -0.25) is 9.69 Å². The third-order valence-electron chi connectivity index (χ3n) is 5.14. The van der Waals surface area contributed by atoms with Crippen molar-refractivity contribution in [1.82, 2.24) is 4.90 Å². The predicted octanol–water partition coefficient (Wildman–Crippen LogP) is 4.33. The molecule has 0 aliphatic carbocycles. The first-order valence-electron chi connectivity index (χ1n) is 8.75. The lowest BCUT2D eigenvalue weighted by Crippen LogP contribution is -2.39. The first-order valence-corrected chi connectivity index (χ1v) is 8.75. The number of carboxylic acids is 1. The number of halogens is 1. The van der Waals surface area contributed by atoms with Crippen molar-refractivity contribution in [3.63, 3.8) is 0 Å².